The number of amides is 2. The molecule has 31 heavy (non-hydrogen) atoms. The number of anilines is 1. The highest BCUT2D eigenvalue weighted by molar-refractivity contribution is 7.98. The first-order valence-electron chi connectivity index (χ1n) is 10.1. The van der Waals surface area contributed by atoms with E-state index in [0.29, 0.717) is 36.7 Å². The van der Waals surface area contributed by atoms with Crippen molar-refractivity contribution in [3.8, 4) is 0 Å². The van der Waals surface area contributed by atoms with E-state index in [1.54, 1.807) is 30.5 Å². The molecular weight excluding hydrogens is 436 g/mol. The van der Waals surface area contributed by atoms with Crippen molar-refractivity contribution in [2.45, 2.75) is 38.1 Å². The Morgan fingerprint density at radius 1 is 1.13 bits per heavy atom. The fourth-order valence-electron chi connectivity index (χ4n) is 3.38. The number of rotatable bonds is 7. The van der Waals surface area contributed by atoms with E-state index >= 15 is 0 Å². The van der Waals surface area contributed by atoms with E-state index in [4.69, 9.17) is 9.47 Å². The third kappa shape index (κ3) is 5.59. The predicted molar refractivity (Wildman–Crippen MR) is 122 cm³/mol. The molecule has 1 aliphatic rings. The number of nitrogens with zero attached hydrogens (tertiary/aromatic N) is 1. The summed E-state index contributed by atoms with van der Waals surface area (Å²) in [5, 5.41) is 3.36. The van der Waals surface area contributed by atoms with Gasteiger partial charge in [0.2, 0.25) is 5.91 Å². The summed E-state index contributed by atoms with van der Waals surface area (Å²) >= 11 is 2.96. The number of benzene rings is 1. The second-order valence-corrected chi connectivity index (χ2v) is 8.86. The van der Waals surface area contributed by atoms with Gasteiger partial charge >= 0.3 is 12.1 Å². The minimum atomic E-state index is -0.454. The van der Waals surface area contributed by atoms with E-state index in [-0.39, 0.29) is 25.0 Å². The molecule has 3 rings (SSSR count). The van der Waals surface area contributed by atoms with Crippen molar-refractivity contribution in [1.82, 2.24) is 4.90 Å². The highest BCUT2D eigenvalue weighted by Crippen LogP contribution is 2.38. The van der Waals surface area contributed by atoms with E-state index in [1.807, 2.05) is 30.5 Å². The summed E-state index contributed by atoms with van der Waals surface area (Å²) in [6, 6.07) is 7.80. The van der Waals surface area contributed by atoms with Crippen LogP contribution in [0.3, 0.4) is 0 Å². The molecule has 2 heterocycles. The van der Waals surface area contributed by atoms with Crippen LogP contribution >= 0.6 is 23.1 Å². The number of carbonyl (C=O) groups is 3. The molecule has 0 aliphatic carbocycles. The van der Waals surface area contributed by atoms with Gasteiger partial charge in [0.05, 0.1) is 31.7 Å². The van der Waals surface area contributed by atoms with E-state index in [0.717, 1.165) is 20.9 Å². The average Bonchev–Trinajstić information content (AvgIpc) is 3.11. The quantitative estimate of drug-likeness (QED) is 0.487. The van der Waals surface area contributed by atoms with Gasteiger partial charge in [0.25, 0.3) is 0 Å². The molecule has 0 saturated carbocycles. The van der Waals surface area contributed by atoms with Crippen LogP contribution in [0.4, 0.5) is 9.80 Å². The van der Waals surface area contributed by atoms with Crippen LogP contribution in [0.5, 0.6) is 0 Å². The second kappa shape index (κ2) is 10.7. The summed E-state index contributed by atoms with van der Waals surface area (Å²) in [6.07, 6.45) is 2.33. The van der Waals surface area contributed by atoms with Gasteiger partial charge in [0.15, 0.2) is 0 Å². The number of carbonyl (C=O) groups excluding carboxylic acids is 3. The van der Waals surface area contributed by atoms with Crippen LogP contribution in [0.25, 0.3) is 0 Å². The third-order valence-electron chi connectivity index (χ3n) is 4.84. The van der Waals surface area contributed by atoms with Crippen LogP contribution < -0.4 is 5.32 Å². The molecule has 1 aromatic carbocycles. The van der Waals surface area contributed by atoms with Gasteiger partial charge in [-0.1, -0.05) is 12.1 Å². The molecular formula is C22H26N2O5S2. The summed E-state index contributed by atoms with van der Waals surface area (Å²) in [4.78, 5) is 41.1. The lowest BCUT2D eigenvalue weighted by Gasteiger charge is -2.26. The SMILES string of the molecule is CCOC(=O)c1c(NC(=O)Cc2ccc(SC)cc2)sc2c1CCN(C(=O)OCC)C2. The maximum Gasteiger partial charge on any atom is 0.410 e. The molecule has 0 saturated heterocycles. The molecule has 7 nitrogen and oxygen atoms in total. The third-order valence-corrected chi connectivity index (χ3v) is 6.71. The minimum absolute atomic E-state index is 0.203. The van der Waals surface area contributed by atoms with Crippen molar-refractivity contribution >= 4 is 46.1 Å². The fraction of sp³-hybridized carbons (Fsp3) is 0.409. The topological polar surface area (TPSA) is 84.9 Å². The van der Waals surface area contributed by atoms with Crippen LogP contribution in [0.1, 0.15) is 40.2 Å². The van der Waals surface area contributed by atoms with E-state index in [1.165, 1.54) is 11.3 Å². The second-order valence-electron chi connectivity index (χ2n) is 6.87. The first kappa shape index (κ1) is 23.1. The van der Waals surface area contributed by atoms with Crippen LogP contribution in [-0.2, 0) is 33.7 Å². The lowest BCUT2D eigenvalue weighted by Crippen LogP contribution is -2.36. The van der Waals surface area contributed by atoms with Crippen molar-refractivity contribution in [3.63, 3.8) is 0 Å². The highest BCUT2D eigenvalue weighted by atomic mass is 32.2. The van der Waals surface area contributed by atoms with Crippen LogP contribution in [0.15, 0.2) is 29.2 Å². The largest absolute Gasteiger partial charge is 0.462 e. The molecule has 2 aromatic rings. The smallest absolute Gasteiger partial charge is 0.410 e. The number of thioether (sulfide) groups is 1. The maximum atomic E-state index is 12.7. The fourth-order valence-corrected chi connectivity index (χ4v) is 5.06. The normalized spacial score (nSPS) is 12.8. The number of thiophene rings is 1. The van der Waals surface area contributed by atoms with Gasteiger partial charge in [-0.15, -0.1) is 23.1 Å². The molecule has 2 amide bonds. The first-order valence-corrected chi connectivity index (χ1v) is 12.2. The Morgan fingerprint density at radius 2 is 1.84 bits per heavy atom. The summed E-state index contributed by atoms with van der Waals surface area (Å²) in [7, 11) is 0. The molecule has 0 spiro atoms. The lowest BCUT2D eigenvalue weighted by molar-refractivity contribution is -0.115. The number of fused-ring (bicyclic) bond motifs is 1. The van der Waals surface area contributed by atoms with Crippen LogP contribution in [0, 0.1) is 0 Å². The van der Waals surface area contributed by atoms with Gasteiger partial charge in [-0.05, 0) is 49.8 Å². The molecule has 1 aliphatic heterocycles. The van der Waals surface area contributed by atoms with Crippen LogP contribution in [-0.4, -0.2) is 48.9 Å². The molecule has 0 unspecified atom stereocenters. The first-order chi connectivity index (χ1) is 15.0. The molecule has 0 radical (unpaired) electrons. The van der Waals surface area contributed by atoms with Crippen LogP contribution in [0.2, 0.25) is 0 Å². The van der Waals surface area contributed by atoms with Gasteiger partial charge in [-0.25, -0.2) is 9.59 Å². The summed E-state index contributed by atoms with van der Waals surface area (Å²) in [5.41, 5.74) is 2.13. The zero-order valence-electron chi connectivity index (χ0n) is 17.9. The van der Waals surface area contributed by atoms with Crippen molar-refractivity contribution in [1.29, 1.82) is 0 Å². The standard InChI is InChI=1S/C22H26N2O5S2/c1-4-28-21(26)19-16-10-11-24(22(27)29-5-2)13-17(16)31-20(19)23-18(25)12-14-6-8-15(30-3)9-7-14/h6-9H,4-5,10-13H2,1-3H3,(H,23,25). The van der Waals surface area contributed by atoms with Crippen molar-refractivity contribution < 1.29 is 23.9 Å². The predicted octanol–water partition coefficient (Wildman–Crippen LogP) is 4.34. The molecule has 1 aromatic heterocycles. The molecule has 9 heteroatoms. The van der Waals surface area contributed by atoms with E-state index < -0.39 is 5.97 Å². The summed E-state index contributed by atoms with van der Waals surface area (Å²) in [5.74, 6) is -0.660. The van der Waals surface area contributed by atoms with Crippen molar-refractivity contribution in [2.24, 2.45) is 0 Å². The summed E-state index contributed by atoms with van der Waals surface area (Å²) < 4.78 is 10.3. The van der Waals surface area contributed by atoms with E-state index in [2.05, 4.69) is 5.32 Å². The van der Waals surface area contributed by atoms with Crippen molar-refractivity contribution in [2.75, 3.05) is 31.3 Å². The average molecular weight is 463 g/mol. The Balaban J connectivity index is 1.80. The minimum Gasteiger partial charge on any atom is -0.462 e. The Kier molecular flexibility index (Phi) is 7.97. The Morgan fingerprint density at radius 3 is 2.48 bits per heavy atom. The molecule has 0 bridgehead atoms. The zero-order valence-corrected chi connectivity index (χ0v) is 19.5. The monoisotopic (exact) mass is 462 g/mol. The van der Waals surface area contributed by atoms with Gasteiger partial charge in [0, 0.05) is 16.3 Å². The van der Waals surface area contributed by atoms with Crippen molar-refractivity contribution in [3.05, 3.63) is 45.8 Å². The maximum absolute atomic E-state index is 12.7. The van der Waals surface area contributed by atoms with Gasteiger partial charge in [-0.3, -0.25) is 4.79 Å². The molecule has 0 fully saturated rings. The van der Waals surface area contributed by atoms with Gasteiger partial charge in [-0.2, -0.15) is 0 Å². The van der Waals surface area contributed by atoms with Gasteiger partial charge < -0.3 is 19.7 Å². The van der Waals surface area contributed by atoms with Gasteiger partial charge in [0.1, 0.15) is 5.00 Å². The van der Waals surface area contributed by atoms with E-state index in [9.17, 15) is 14.4 Å². The molecule has 166 valence electrons. The zero-order chi connectivity index (χ0) is 22.4. The highest BCUT2D eigenvalue weighted by Gasteiger charge is 2.31. The molecule has 0 atom stereocenters. The molecule has 1 N–H and O–H groups in total. The summed E-state index contributed by atoms with van der Waals surface area (Å²) in [6.45, 7) is 4.85. The number of esters is 1. The number of nitrogens with one attached hydrogen (secondary N) is 1. The number of hydrogen-bond acceptors (Lipinski definition) is 7. The number of ether oxygens (including phenoxy) is 2. The lowest BCUT2D eigenvalue weighted by atomic mass is 10.0. The Hall–Kier alpha value is -2.52. The Bertz CT molecular complexity index is 956. The Labute approximate surface area is 190 Å². The number of hydrogen-bond donors (Lipinski definition) is 1.